The standard InChI is InChI=1S/C15H17NO.C2H6/c1-12-6-7-15(16-8-10-17-11-9-16)14-5-3-2-4-13(12)14;1-2/h2-7H,8-11H2,1H3;1-2H3. The lowest BCUT2D eigenvalue weighted by atomic mass is 10.0. The number of ether oxygens (including phenoxy) is 1. The monoisotopic (exact) mass is 257 g/mol. The first-order valence-electron chi connectivity index (χ1n) is 7.17. The summed E-state index contributed by atoms with van der Waals surface area (Å²) in [6, 6.07) is 13.1. The maximum absolute atomic E-state index is 5.42. The fourth-order valence-electron chi connectivity index (χ4n) is 2.51. The second-order valence-electron chi connectivity index (χ2n) is 4.55. The molecule has 0 aliphatic carbocycles. The van der Waals surface area contributed by atoms with Crippen molar-refractivity contribution in [3.05, 3.63) is 42.0 Å². The van der Waals surface area contributed by atoms with E-state index in [4.69, 9.17) is 4.74 Å². The van der Waals surface area contributed by atoms with Crippen molar-refractivity contribution in [1.82, 2.24) is 0 Å². The molecule has 102 valence electrons. The van der Waals surface area contributed by atoms with Crippen LogP contribution in [-0.4, -0.2) is 26.3 Å². The molecule has 0 atom stereocenters. The third-order valence-electron chi connectivity index (χ3n) is 3.47. The van der Waals surface area contributed by atoms with Crippen molar-refractivity contribution in [3.63, 3.8) is 0 Å². The molecule has 1 aliphatic rings. The van der Waals surface area contributed by atoms with Gasteiger partial charge in [0.2, 0.25) is 0 Å². The molecule has 1 fully saturated rings. The molecule has 1 saturated heterocycles. The zero-order valence-electron chi connectivity index (χ0n) is 12.1. The van der Waals surface area contributed by atoms with Gasteiger partial charge in [0, 0.05) is 24.2 Å². The summed E-state index contributed by atoms with van der Waals surface area (Å²) in [6.07, 6.45) is 0. The van der Waals surface area contributed by atoms with E-state index in [1.165, 1.54) is 22.0 Å². The van der Waals surface area contributed by atoms with Gasteiger partial charge in [0.1, 0.15) is 0 Å². The Morgan fingerprint density at radius 2 is 1.53 bits per heavy atom. The minimum absolute atomic E-state index is 0.836. The van der Waals surface area contributed by atoms with Gasteiger partial charge < -0.3 is 9.64 Å². The summed E-state index contributed by atoms with van der Waals surface area (Å²) in [7, 11) is 0. The molecule has 0 bridgehead atoms. The Morgan fingerprint density at radius 3 is 2.21 bits per heavy atom. The molecule has 2 heteroatoms. The number of rotatable bonds is 1. The van der Waals surface area contributed by atoms with Gasteiger partial charge in [-0.3, -0.25) is 0 Å². The van der Waals surface area contributed by atoms with Crippen LogP contribution in [0.3, 0.4) is 0 Å². The first kappa shape index (κ1) is 13.9. The Labute approximate surface area is 116 Å². The molecule has 0 N–H and O–H groups in total. The van der Waals surface area contributed by atoms with E-state index in [2.05, 4.69) is 48.2 Å². The number of morpholine rings is 1. The second-order valence-corrected chi connectivity index (χ2v) is 4.55. The van der Waals surface area contributed by atoms with Crippen LogP contribution in [0.5, 0.6) is 0 Å². The molecule has 0 radical (unpaired) electrons. The van der Waals surface area contributed by atoms with Crippen molar-refractivity contribution in [3.8, 4) is 0 Å². The zero-order chi connectivity index (χ0) is 13.7. The maximum Gasteiger partial charge on any atom is 0.0642 e. The van der Waals surface area contributed by atoms with E-state index < -0.39 is 0 Å². The summed E-state index contributed by atoms with van der Waals surface area (Å²) in [5.41, 5.74) is 2.69. The molecule has 0 saturated carbocycles. The number of anilines is 1. The molecule has 0 unspecified atom stereocenters. The third-order valence-corrected chi connectivity index (χ3v) is 3.47. The molecule has 2 nitrogen and oxygen atoms in total. The molecule has 0 spiro atoms. The lowest BCUT2D eigenvalue weighted by Gasteiger charge is -2.30. The van der Waals surface area contributed by atoms with Crippen LogP contribution in [0.25, 0.3) is 10.8 Å². The molecule has 19 heavy (non-hydrogen) atoms. The van der Waals surface area contributed by atoms with Crippen molar-refractivity contribution >= 4 is 16.5 Å². The Hall–Kier alpha value is -1.54. The minimum Gasteiger partial charge on any atom is -0.378 e. The molecule has 1 aliphatic heterocycles. The Bertz CT molecular complexity index is 530. The van der Waals surface area contributed by atoms with E-state index in [9.17, 15) is 0 Å². The minimum atomic E-state index is 0.836. The fourth-order valence-corrected chi connectivity index (χ4v) is 2.51. The summed E-state index contributed by atoms with van der Waals surface area (Å²) in [6.45, 7) is 9.83. The lowest BCUT2D eigenvalue weighted by molar-refractivity contribution is 0.123. The average Bonchev–Trinajstić information content (AvgIpc) is 2.51. The second kappa shape index (κ2) is 6.58. The van der Waals surface area contributed by atoms with Crippen molar-refractivity contribution in [1.29, 1.82) is 0 Å². The van der Waals surface area contributed by atoms with Gasteiger partial charge in [-0.15, -0.1) is 0 Å². The maximum atomic E-state index is 5.42. The van der Waals surface area contributed by atoms with E-state index in [0.717, 1.165) is 26.3 Å². The van der Waals surface area contributed by atoms with Crippen LogP contribution in [0.1, 0.15) is 19.4 Å². The van der Waals surface area contributed by atoms with Crippen LogP contribution < -0.4 is 4.90 Å². The molecular formula is C17H23NO. The van der Waals surface area contributed by atoms with Gasteiger partial charge in [-0.05, 0) is 23.9 Å². The molecule has 0 amide bonds. The molecule has 1 heterocycles. The van der Waals surface area contributed by atoms with Gasteiger partial charge in [0.25, 0.3) is 0 Å². The van der Waals surface area contributed by atoms with Crippen molar-refractivity contribution in [2.24, 2.45) is 0 Å². The third kappa shape index (κ3) is 2.90. The summed E-state index contributed by atoms with van der Waals surface area (Å²) < 4.78 is 5.42. The summed E-state index contributed by atoms with van der Waals surface area (Å²) in [5.74, 6) is 0. The normalized spacial score (nSPS) is 15.0. The predicted molar refractivity (Wildman–Crippen MR) is 83.1 cm³/mol. The van der Waals surface area contributed by atoms with Crippen molar-refractivity contribution in [2.75, 3.05) is 31.2 Å². The Kier molecular flexibility index (Phi) is 4.80. The average molecular weight is 257 g/mol. The van der Waals surface area contributed by atoms with Crippen LogP contribution >= 0.6 is 0 Å². The quantitative estimate of drug-likeness (QED) is 0.765. The molecule has 0 aromatic heterocycles. The van der Waals surface area contributed by atoms with E-state index in [1.807, 2.05) is 13.8 Å². The summed E-state index contributed by atoms with van der Waals surface area (Å²) >= 11 is 0. The number of nitrogens with zero attached hydrogens (tertiary/aromatic N) is 1. The van der Waals surface area contributed by atoms with Gasteiger partial charge in [0.15, 0.2) is 0 Å². The van der Waals surface area contributed by atoms with E-state index >= 15 is 0 Å². The number of hydrogen-bond acceptors (Lipinski definition) is 2. The van der Waals surface area contributed by atoms with Crippen LogP contribution in [0, 0.1) is 6.92 Å². The SMILES string of the molecule is CC.Cc1ccc(N2CCOCC2)c2ccccc12. The Morgan fingerprint density at radius 1 is 0.895 bits per heavy atom. The van der Waals surface area contributed by atoms with Gasteiger partial charge in [0.05, 0.1) is 13.2 Å². The first-order chi connectivity index (χ1) is 9.36. The molecule has 2 aromatic rings. The summed E-state index contributed by atoms with van der Waals surface area (Å²) in [4.78, 5) is 2.42. The highest BCUT2D eigenvalue weighted by molar-refractivity contribution is 5.96. The zero-order valence-corrected chi connectivity index (χ0v) is 12.1. The highest BCUT2D eigenvalue weighted by Crippen LogP contribution is 2.29. The first-order valence-corrected chi connectivity index (χ1v) is 7.17. The van der Waals surface area contributed by atoms with E-state index in [-0.39, 0.29) is 0 Å². The smallest absolute Gasteiger partial charge is 0.0642 e. The number of fused-ring (bicyclic) bond motifs is 1. The molecule has 2 aromatic carbocycles. The lowest BCUT2D eigenvalue weighted by Crippen LogP contribution is -2.36. The summed E-state index contributed by atoms with van der Waals surface area (Å²) in [5, 5.41) is 2.71. The topological polar surface area (TPSA) is 12.5 Å². The van der Waals surface area contributed by atoms with Gasteiger partial charge in [-0.25, -0.2) is 0 Å². The van der Waals surface area contributed by atoms with Crippen molar-refractivity contribution in [2.45, 2.75) is 20.8 Å². The van der Waals surface area contributed by atoms with Crippen LogP contribution in [0.4, 0.5) is 5.69 Å². The number of hydrogen-bond donors (Lipinski definition) is 0. The highest BCUT2D eigenvalue weighted by Gasteiger charge is 2.13. The van der Waals surface area contributed by atoms with Crippen LogP contribution in [0.2, 0.25) is 0 Å². The van der Waals surface area contributed by atoms with Crippen molar-refractivity contribution < 1.29 is 4.74 Å². The van der Waals surface area contributed by atoms with Gasteiger partial charge in [-0.1, -0.05) is 44.2 Å². The highest BCUT2D eigenvalue weighted by atomic mass is 16.5. The van der Waals surface area contributed by atoms with Crippen LogP contribution in [0.15, 0.2) is 36.4 Å². The number of benzene rings is 2. The van der Waals surface area contributed by atoms with E-state index in [1.54, 1.807) is 0 Å². The van der Waals surface area contributed by atoms with Gasteiger partial charge in [-0.2, -0.15) is 0 Å². The van der Waals surface area contributed by atoms with Gasteiger partial charge >= 0.3 is 0 Å². The predicted octanol–water partition coefficient (Wildman–Crippen LogP) is 4.01. The molecule has 3 rings (SSSR count). The molecular weight excluding hydrogens is 234 g/mol. The fraction of sp³-hybridized carbons (Fsp3) is 0.412. The van der Waals surface area contributed by atoms with E-state index in [0.29, 0.717) is 0 Å². The largest absolute Gasteiger partial charge is 0.378 e. The van der Waals surface area contributed by atoms with Crippen LogP contribution in [-0.2, 0) is 4.74 Å². The Balaban J connectivity index is 0.000000637. The number of aryl methyl sites for hydroxylation is 1.